The monoisotopic (exact) mass is 205 g/mol. The van der Waals surface area contributed by atoms with E-state index in [1.807, 2.05) is 31.3 Å². The van der Waals surface area contributed by atoms with Crippen LogP contribution in [0.15, 0.2) is 24.4 Å². The number of aromatic amines is 1. The van der Waals surface area contributed by atoms with Gasteiger partial charge < -0.3 is 14.8 Å². The number of benzene rings is 1. The van der Waals surface area contributed by atoms with Gasteiger partial charge in [0.1, 0.15) is 5.75 Å². The summed E-state index contributed by atoms with van der Waals surface area (Å²) in [6.45, 7) is 1.96. The van der Waals surface area contributed by atoms with Crippen molar-refractivity contribution >= 4 is 10.9 Å². The molecule has 0 fully saturated rings. The average Bonchev–Trinajstić information content (AvgIpc) is 2.70. The number of nitrogens with one attached hydrogen (secondary N) is 1. The molecule has 0 spiro atoms. The van der Waals surface area contributed by atoms with Gasteiger partial charge in [0.15, 0.2) is 0 Å². The number of hydrogen-bond acceptors (Lipinski definition) is 2. The molecular weight excluding hydrogens is 190 g/mol. The van der Waals surface area contributed by atoms with Crippen molar-refractivity contribution in [2.45, 2.75) is 19.4 Å². The molecule has 2 rings (SSSR count). The number of ether oxygens (including phenoxy) is 1. The first-order chi connectivity index (χ1) is 7.26. The van der Waals surface area contributed by atoms with Gasteiger partial charge in [-0.05, 0) is 24.6 Å². The minimum absolute atomic E-state index is 0.411. The fourth-order valence-corrected chi connectivity index (χ4v) is 1.74. The lowest BCUT2D eigenvalue weighted by atomic mass is 10.1. The summed E-state index contributed by atoms with van der Waals surface area (Å²) in [6.07, 6.45) is 2.16. The summed E-state index contributed by atoms with van der Waals surface area (Å²) in [7, 11) is 1.64. The summed E-state index contributed by atoms with van der Waals surface area (Å²) in [6, 6.07) is 5.81. The van der Waals surface area contributed by atoms with Gasteiger partial charge in [-0.25, -0.2) is 0 Å². The highest BCUT2D eigenvalue weighted by Gasteiger charge is 2.11. The van der Waals surface area contributed by atoms with Crippen LogP contribution in [0.4, 0.5) is 0 Å². The number of methoxy groups -OCH3 is 1. The maximum absolute atomic E-state index is 9.82. The van der Waals surface area contributed by atoms with E-state index in [0.29, 0.717) is 6.42 Å². The Morgan fingerprint density at radius 1 is 1.47 bits per heavy atom. The Kier molecular flexibility index (Phi) is 2.64. The van der Waals surface area contributed by atoms with Crippen LogP contribution in [0.3, 0.4) is 0 Å². The first-order valence-corrected chi connectivity index (χ1v) is 5.09. The molecule has 0 aliphatic carbocycles. The molecule has 0 radical (unpaired) electrons. The third-order valence-electron chi connectivity index (χ3n) is 2.67. The van der Waals surface area contributed by atoms with Crippen LogP contribution in [0.1, 0.15) is 25.0 Å². The van der Waals surface area contributed by atoms with Gasteiger partial charge in [0.25, 0.3) is 0 Å². The van der Waals surface area contributed by atoms with Crippen molar-refractivity contribution in [1.82, 2.24) is 4.98 Å². The molecule has 3 heteroatoms. The molecule has 1 heterocycles. The highest BCUT2D eigenvalue weighted by molar-refractivity contribution is 5.84. The Morgan fingerprint density at radius 3 is 2.93 bits per heavy atom. The smallest absolute Gasteiger partial charge is 0.119 e. The number of H-pyrrole nitrogens is 1. The van der Waals surface area contributed by atoms with Gasteiger partial charge in [-0.15, -0.1) is 0 Å². The second-order valence-electron chi connectivity index (χ2n) is 3.58. The fourth-order valence-electron chi connectivity index (χ4n) is 1.74. The van der Waals surface area contributed by atoms with E-state index in [1.165, 1.54) is 0 Å². The van der Waals surface area contributed by atoms with Crippen LogP contribution in [0.2, 0.25) is 0 Å². The molecule has 3 nitrogen and oxygen atoms in total. The van der Waals surface area contributed by atoms with Crippen molar-refractivity contribution in [2.75, 3.05) is 7.11 Å². The van der Waals surface area contributed by atoms with Crippen LogP contribution in [0.25, 0.3) is 10.9 Å². The largest absolute Gasteiger partial charge is 0.497 e. The number of fused-ring (bicyclic) bond motifs is 1. The van der Waals surface area contributed by atoms with Gasteiger partial charge in [-0.2, -0.15) is 0 Å². The van der Waals surface area contributed by atoms with Crippen LogP contribution in [0, 0.1) is 0 Å². The lowest BCUT2D eigenvalue weighted by molar-refractivity contribution is 0.175. The van der Waals surface area contributed by atoms with Crippen LogP contribution in [0.5, 0.6) is 5.75 Å². The average molecular weight is 205 g/mol. The van der Waals surface area contributed by atoms with Crippen LogP contribution < -0.4 is 4.74 Å². The maximum atomic E-state index is 9.82. The predicted octanol–water partition coefficient (Wildman–Crippen LogP) is 2.62. The number of rotatable bonds is 3. The standard InChI is InChI=1S/C12H15NO2/c1-3-12(14)10-7-13-11-5-4-8(15-2)6-9(10)11/h4-7,12-14H,3H2,1-2H3. The molecule has 1 aromatic carbocycles. The SMILES string of the molecule is CCC(O)c1c[nH]c2ccc(OC)cc12. The third-order valence-corrected chi connectivity index (χ3v) is 2.67. The summed E-state index contributed by atoms with van der Waals surface area (Å²) < 4.78 is 5.16. The first-order valence-electron chi connectivity index (χ1n) is 5.09. The van der Waals surface area contributed by atoms with E-state index < -0.39 is 6.10 Å². The lowest BCUT2D eigenvalue weighted by Crippen LogP contribution is -1.93. The Morgan fingerprint density at radius 2 is 2.27 bits per heavy atom. The maximum Gasteiger partial charge on any atom is 0.119 e. The molecule has 1 aromatic heterocycles. The van der Waals surface area contributed by atoms with Gasteiger partial charge >= 0.3 is 0 Å². The zero-order valence-corrected chi connectivity index (χ0v) is 8.95. The van der Waals surface area contributed by atoms with Gasteiger partial charge in [0, 0.05) is 22.7 Å². The second-order valence-corrected chi connectivity index (χ2v) is 3.58. The molecule has 2 aromatic rings. The zero-order chi connectivity index (χ0) is 10.8. The topological polar surface area (TPSA) is 45.2 Å². The van der Waals surface area contributed by atoms with E-state index in [2.05, 4.69) is 4.98 Å². The van der Waals surface area contributed by atoms with Crippen molar-refractivity contribution < 1.29 is 9.84 Å². The number of hydrogen-bond donors (Lipinski definition) is 2. The number of aromatic nitrogens is 1. The van der Waals surface area contributed by atoms with Crippen molar-refractivity contribution in [3.63, 3.8) is 0 Å². The van der Waals surface area contributed by atoms with Crippen molar-refractivity contribution in [3.05, 3.63) is 30.0 Å². The highest BCUT2D eigenvalue weighted by atomic mass is 16.5. The molecule has 0 amide bonds. The van der Waals surface area contributed by atoms with Crippen molar-refractivity contribution in [1.29, 1.82) is 0 Å². The Hall–Kier alpha value is -1.48. The third kappa shape index (κ3) is 1.70. The molecule has 1 unspecified atom stereocenters. The van der Waals surface area contributed by atoms with Gasteiger partial charge in [-0.1, -0.05) is 6.92 Å². The van der Waals surface area contributed by atoms with Gasteiger partial charge in [-0.3, -0.25) is 0 Å². The van der Waals surface area contributed by atoms with E-state index in [-0.39, 0.29) is 0 Å². The summed E-state index contributed by atoms with van der Waals surface area (Å²) >= 11 is 0. The molecule has 0 aliphatic rings. The summed E-state index contributed by atoms with van der Waals surface area (Å²) in [5.74, 6) is 0.812. The molecule has 0 saturated heterocycles. The zero-order valence-electron chi connectivity index (χ0n) is 8.95. The quantitative estimate of drug-likeness (QED) is 0.809. The molecule has 0 bridgehead atoms. The highest BCUT2D eigenvalue weighted by Crippen LogP contribution is 2.28. The van der Waals surface area contributed by atoms with Crippen molar-refractivity contribution in [3.8, 4) is 5.75 Å². The molecule has 80 valence electrons. The molecular formula is C12H15NO2. The molecule has 0 saturated carbocycles. The summed E-state index contributed by atoms with van der Waals surface area (Å²) in [4.78, 5) is 3.14. The normalized spacial score (nSPS) is 13.0. The Labute approximate surface area is 88.7 Å². The van der Waals surface area contributed by atoms with Gasteiger partial charge in [0.2, 0.25) is 0 Å². The van der Waals surface area contributed by atoms with E-state index in [4.69, 9.17) is 4.74 Å². The molecule has 15 heavy (non-hydrogen) atoms. The minimum Gasteiger partial charge on any atom is -0.497 e. The molecule has 2 N–H and O–H groups in total. The summed E-state index contributed by atoms with van der Waals surface area (Å²) in [5, 5.41) is 10.9. The summed E-state index contributed by atoms with van der Waals surface area (Å²) in [5.41, 5.74) is 1.96. The fraction of sp³-hybridized carbons (Fsp3) is 0.333. The predicted molar refractivity (Wildman–Crippen MR) is 60.1 cm³/mol. The van der Waals surface area contributed by atoms with Crippen LogP contribution in [-0.2, 0) is 0 Å². The number of aliphatic hydroxyl groups is 1. The first kappa shape index (κ1) is 10.1. The Bertz CT molecular complexity index is 462. The van der Waals surface area contributed by atoms with Crippen molar-refractivity contribution in [2.24, 2.45) is 0 Å². The van der Waals surface area contributed by atoms with Crippen LogP contribution in [-0.4, -0.2) is 17.2 Å². The number of aliphatic hydroxyl groups excluding tert-OH is 1. The Balaban J connectivity index is 2.56. The minimum atomic E-state index is -0.411. The lowest BCUT2D eigenvalue weighted by Gasteiger charge is -2.06. The van der Waals surface area contributed by atoms with E-state index in [1.54, 1.807) is 7.11 Å². The second kappa shape index (κ2) is 3.95. The molecule has 0 aliphatic heterocycles. The van der Waals surface area contributed by atoms with Gasteiger partial charge in [0.05, 0.1) is 13.2 Å². The van der Waals surface area contributed by atoms with E-state index in [0.717, 1.165) is 22.2 Å². The molecule has 1 atom stereocenters. The van der Waals surface area contributed by atoms with E-state index in [9.17, 15) is 5.11 Å². The van der Waals surface area contributed by atoms with Crippen LogP contribution >= 0.6 is 0 Å². The van der Waals surface area contributed by atoms with E-state index >= 15 is 0 Å².